The Morgan fingerprint density at radius 3 is 2.09 bits per heavy atom. The highest BCUT2D eigenvalue weighted by molar-refractivity contribution is 5.74. The average molecular weight is 440 g/mol. The molecule has 0 saturated carbocycles. The minimum atomic E-state index is -0.233. The van der Waals surface area contributed by atoms with Gasteiger partial charge in [-0.15, -0.1) is 5.53 Å². The number of ether oxygens (including phenoxy) is 3. The van der Waals surface area contributed by atoms with E-state index in [4.69, 9.17) is 14.2 Å². The van der Waals surface area contributed by atoms with Crippen molar-refractivity contribution < 1.29 is 19.0 Å². The van der Waals surface area contributed by atoms with Gasteiger partial charge in [-0.25, -0.2) is 9.97 Å². The van der Waals surface area contributed by atoms with Gasteiger partial charge < -0.3 is 30.3 Å². The third kappa shape index (κ3) is 5.64. The summed E-state index contributed by atoms with van der Waals surface area (Å²) in [4.78, 5) is 23.7. The van der Waals surface area contributed by atoms with E-state index in [-0.39, 0.29) is 5.91 Å². The molecular weight excluding hydrogens is 416 g/mol. The summed E-state index contributed by atoms with van der Waals surface area (Å²) >= 11 is 0. The van der Waals surface area contributed by atoms with Crippen molar-refractivity contribution in [3.05, 3.63) is 42.7 Å². The van der Waals surface area contributed by atoms with Gasteiger partial charge in [-0.05, 0) is 12.1 Å². The first kappa shape index (κ1) is 22.4. The lowest BCUT2D eigenvalue weighted by atomic mass is 10.2. The van der Waals surface area contributed by atoms with Crippen LogP contribution in [0.5, 0.6) is 17.2 Å². The first-order valence-electron chi connectivity index (χ1n) is 9.43. The number of rotatable bonds is 10. The molecule has 12 heteroatoms. The lowest BCUT2D eigenvalue weighted by molar-refractivity contribution is -0.119. The molecule has 0 unspecified atom stereocenters. The van der Waals surface area contributed by atoms with Gasteiger partial charge in [0.1, 0.15) is 6.33 Å². The largest absolute Gasteiger partial charge is 0.493 e. The van der Waals surface area contributed by atoms with E-state index in [1.807, 2.05) is 24.3 Å². The van der Waals surface area contributed by atoms with Crippen LogP contribution >= 0.6 is 0 Å². The molecule has 1 aromatic heterocycles. The molecule has 0 saturated heterocycles. The Balaban J connectivity index is 1.78. The highest BCUT2D eigenvalue weighted by Gasteiger charge is 2.14. The van der Waals surface area contributed by atoms with Gasteiger partial charge in [0, 0.05) is 24.7 Å². The third-order valence-corrected chi connectivity index (χ3v) is 4.10. The summed E-state index contributed by atoms with van der Waals surface area (Å²) in [5, 5.41) is 6.21. The fourth-order valence-corrected chi connectivity index (χ4v) is 2.71. The maximum Gasteiger partial charge on any atom is 0.232 e. The molecule has 12 nitrogen and oxygen atoms in total. The predicted octanol–water partition coefficient (Wildman–Crippen LogP) is 2.35. The Kier molecular flexibility index (Phi) is 7.43. The number of amides is 1. The maximum absolute atomic E-state index is 11.0. The second-order valence-electron chi connectivity index (χ2n) is 6.27. The lowest BCUT2D eigenvalue weighted by Crippen LogP contribution is -2.39. The summed E-state index contributed by atoms with van der Waals surface area (Å²) in [6, 6.07) is 10.8. The van der Waals surface area contributed by atoms with Crippen LogP contribution in [0, 0.1) is 0 Å². The van der Waals surface area contributed by atoms with Gasteiger partial charge in [0.15, 0.2) is 11.5 Å². The van der Waals surface area contributed by atoms with E-state index in [2.05, 4.69) is 42.0 Å². The van der Waals surface area contributed by atoms with Crippen LogP contribution in [0.4, 0.5) is 29.0 Å². The monoisotopic (exact) mass is 440 g/mol. The Hall–Kier alpha value is -4.32. The molecular formula is C20H24N8O4. The second-order valence-corrected chi connectivity index (χ2v) is 6.27. The number of carbonyl (C=O) groups excluding carboxylic acids is 1. The van der Waals surface area contributed by atoms with Crippen molar-refractivity contribution in [1.82, 2.24) is 25.9 Å². The quantitative estimate of drug-likeness (QED) is 0.296. The molecule has 0 aliphatic carbocycles. The molecule has 5 N–H and O–H groups in total. The van der Waals surface area contributed by atoms with Gasteiger partial charge in [-0.2, -0.15) is 4.98 Å². The maximum atomic E-state index is 11.0. The SMILES string of the molecule is COc1cc(Nc2ncnc(Nc3ccccc3NNNC(C)=O)n2)cc(OC)c1OC. The summed E-state index contributed by atoms with van der Waals surface area (Å²) in [7, 11) is 4.62. The van der Waals surface area contributed by atoms with Crippen molar-refractivity contribution in [3.63, 3.8) is 0 Å². The van der Waals surface area contributed by atoms with E-state index < -0.39 is 0 Å². The van der Waals surface area contributed by atoms with Crippen LogP contribution in [0.3, 0.4) is 0 Å². The molecule has 0 radical (unpaired) electrons. The van der Waals surface area contributed by atoms with Gasteiger partial charge in [0.25, 0.3) is 0 Å². The molecule has 2 aromatic carbocycles. The number of nitrogens with zero attached hydrogens (tertiary/aromatic N) is 3. The fraction of sp³-hybridized carbons (Fsp3) is 0.200. The van der Waals surface area contributed by atoms with Gasteiger partial charge >= 0.3 is 0 Å². The molecule has 1 amide bonds. The molecule has 0 aliphatic heterocycles. The molecule has 0 spiro atoms. The van der Waals surface area contributed by atoms with Crippen LogP contribution in [0.2, 0.25) is 0 Å². The number of methoxy groups -OCH3 is 3. The average Bonchev–Trinajstić information content (AvgIpc) is 2.79. The molecule has 3 rings (SSSR count). The standard InChI is InChI=1S/C20H24N8O4/c1-12(29)26-28-27-15-8-6-5-7-14(15)24-20-22-11-21-19(25-20)23-13-9-16(30-2)18(32-4)17(10-13)31-3/h5-11,27-28H,1-4H3,(H,26,29)(H2,21,22,23,24,25). The van der Waals surface area contributed by atoms with E-state index in [9.17, 15) is 4.79 Å². The highest BCUT2D eigenvalue weighted by atomic mass is 16.5. The number of hydrogen-bond donors (Lipinski definition) is 5. The molecule has 1 heterocycles. The first-order chi connectivity index (χ1) is 15.5. The van der Waals surface area contributed by atoms with Crippen LogP contribution in [0.25, 0.3) is 0 Å². The minimum Gasteiger partial charge on any atom is -0.493 e. The summed E-state index contributed by atoms with van der Waals surface area (Å²) in [5.41, 5.74) is 9.92. The third-order valence-electron chi connectivity index (χ3n) is 4.10. The minimum absolute atomic E-state index is 0.233. The summed E-state index contributed by atoms with van der Waals surface area (Å²) in [6.07, 6.45) is 1.38. The normalized spacial score (nSPS) is 10.1. The fourth-order valence-electron chi connectivity index (χ4n) is 2.71. The van der Waals surface area contributed by atoms with Crippen molar-refractivity contribution >= 4 is 34.9 Å². The number of para-hydroxylation sites is 2. The molecule has 0 atom stereocenters. The first-order valence-corrected chi connectivity index (χ1v) is 9.43. The smallest absolute Gasteiger partial charge is 0.232 e. The van der Waals surface area contributed by atoms with Crippen LogP contribution in [-0.4, -0.2) is 42.2 Å². The summed E-state index contributed by atoms with van der Waals surface area (Å²) < 4.78 is 16.1. The lowest BCUT2D eigenvalue weighted by Gasteiger charge is -2.15. The van der Waals surface area contributed by atoms with E-state index >= 15 is 0 Å². The van der Waals surface area contributed by atoms with Crippen LogP contribution < -0.4 is 41.2 Å². The molecule has 0 bridgehead atoms. The molecule has 168 valence electrons. The summed E-state index contributed by atoms with van der Waals surface area (Å²) in [5.74, 6) is 1.85. The molecule has 3 aromatic rings. The Labute approximate surface area is 184 Å². The van der Waals surface area contributed by atoms with E-state index in [0.29, 0.717) is 46.2 Å². The highest BCUT2D eigenvalue weighted by Crippen LogP contribution is 2.40. The number of aromatic nitrogens is 3. The zero-order chi connectivity index (χ0) is 22.9. The second kappa shape index (κ2) is 10.6. The number of hydrogen-bond acceptors (Lipinski definition) is 11. The van der Waals surface area contributed by atoms with Crippen LogP contribution in [-0.2, 0) is 4.79 Å². The van der Waals surface area contributed by atoms with Gasteiger partial charge in [-0.3, -0.25) is 10.2 Å². The molecule has 32 heavy (non-hydrogen) atoms. The van der Waals surface area contributed by atoms with Gasteiger partial charge in [-0.1, -0.05) is 12.1 Å². The predicted molar refractivity (Wildman–Crippen MR) is 120 cm³/mol. The van der Waals surface area contributed by atoms with Gasteiger partial charge in [0.2, 0.25) is 23.6 Å². The molecule has 0 aliphatic rings. The zero-order valence-electron chi connectivity index (χ0n) is 18.0. The van der Waals surface area contributed by atoms with Crippen molar-refractivity contribution in [2.45, 2.75) is 6.92 Å². The number of carbonyl (C=O) groups is 1. The van der Waals surface area contributed by atoms with Crippen LogP contribution in [0.1, 0.15) is 6.92 Å². The van der Waals surface area contributed by atoms with Crippen molar-refractivity contribution in [1.29, 1.82) is 0 Å². The topological polar surface area (TPSA) is 144 Å². The van der Waals surface area contributed by atoms with Crippen molar-refractivity contribution in [2.24, 2.45) is 0 Å². The van der Waals surface area contributed by atoms with Crippen LogP contribution in [0.15, 0.2) is 42.7 Å². The summed E-state index contributed by atoms with van der Waals surface area (Å²) in [6.45, 7) is 1.40. The van der Waals surface area contributed by atoms with Crippen molar-refractivity contribution in [2.75, 3.05) is 37.4 Å². The van der Waals surface area contributed by atoms with Gasteiger partial charge in [0.05, 0.1) is 32.7 Å². The van der Waals surface area contributed by atoms with E-state index in [1.165, 1.54) is 34.6 Å². The number of benzene rings is 2. The Bertz CT molecular complexity index is 1050. The molecule has 0 fully saturated rings. The van der Waals surface area contributed by atoms with Crippen molar-refractivity contribution in [3.8, 4) is 17.2 Å². The Morgan fingerprint density at radius 2 is 1.50 bits per heavy atom. The zero-order valence-corrected chi connectivity index (χ0v) is 18.0. The Morgan fingerprint density at radius 1 is 0.875 bits per heavy atom. The van der Waals surface area contributed by atoms with E-state index in [0.717, 1.165) is 0 Å². The van der Waals surface area contributed by atoms with E-state index in [1.54, 1.807) is 12.1 Å². The number of hydrazine groups is 2. The number of nitrogens with one attached hydrogen (secondary N) is 5. The number of anilines is 5.